The van der Waals surface area contributed by atoms with Gasteiger partial charge in [0, 0.05) is 38.2 Å². The molecule has 0 saturated carbocycles. The predicted molar refractivity (Wildman–Crippen MR) is 94.4 cm³/mol. The minimum Gasteiger partial charge on any atom is -0.496 e. The molecule has 0 atom stereocenters. The molecule has 1 amide bonds. The van der Waals surface area contributed by atoms with Crippen molar-refractivity contribution in [3.63, 3.8) is 0 Å². The van der Waals surface area contributed by atoms with E-state index < -0.39 is 10.0 Å². The number of amides is 1. The predicted octanol–water partition coefficient (Wildman–Crippen LogP) is 0.525. The average molecular weight is 357 g/mol. The van der Waals surface area contributed by atoms with Crippen LogP contribution in [-0.2, 0) is 21.4 Å². The molecule has 1 N–H and O–H groups in total. The van der Waals surface area contributed by atoms with E-state index in [0.717, 1.165) is 18.4 Å². The van der Waals surface area contributed by atoms with Crippen LogP contribution < -0.4 is 10.1 Å². The molecule has 0 bridgehead atoms. The molecule has 0 aliphatic heterocycles. The van der Waals surface area contributed by atoms with Gasteiger partial charge < -0.3 is 15.0 Å². The van der Waals surface area contributed by atoms with Crippen molar-refractivity contribution in [2.45, 2.75) is 13.0 Å². The van der Waals surface area contributed by atoms with Crippen LogP contribution in [0.4, 0.5) is 0 Å². The molecule has 0 heterocycles. The number of nitrogens with one attached hydrogen (secondary N) is 1. The van der Waals surface area contributed by atoms with E-state index in [9.17, 15) is 13.2 Å². The summed E-state index contributed by atoms with van der Waals surface area (Å²) in [7, 11) is 1.96. The summed E-state index contributed by atoms with van der Waals surface area (Å²) in [6.07, 6.45) is 1.27. The van der Waals surface area contributed by atoms with Gasteiger partial charge in [-0.2, -0.15) is 4.31 Å². The quantitative estimate of drug-likeness (QED) is 0.661. The molecule has 0 aromatic heterocycles. The van der Waals surface area contributed by atoms with E-state index in [1.807, 2.05) is 37.2 Å². The number of rotatable bonds is 10. The maximum Gasteiger partial charge on any atom is 0.221 e. The lowest BCUT2D eigenvalue weighted by atomic mass is 10.2. The molecule has 0 fully saturated rings. The van der Waals surface area contributed by atoms with E-state index in [2.05, 4.69) is 5.32 Å². The monoisotopic (exact) mass is 357 g/mol. The van der Waals surface area contributed by atoms with Crippen molar-refractivity contribution in [2.24, 2.45) is 0 Å². The minimum absolute atomic E-state index is 0.121. The zero-order valence-electron chi connectivity index (χ0n) is 14.8. The third-order valence-electron chi connectivity index (χ3n) is 3.48. The van der Waals surface area contributed by atoms with E-state index in [0.29, 0.717) is 12.3 Å². The summed E-state index contributed by atoms with van der Waals surface area (Å²) < 4.78 is 30.5. The Bertz CT molecular complexity index is 632. The smallest absolute Gasteiger partial charge is 0.221 e. The first kappa shape index (κ1) is 20.4. The van der Waals surface area contributed by atoms with Crippen molar-refractivity contribution in [1.29, 1.82) is 0 Å². The fraction of sp³-hybridized carbons (Fsp3) is 0.562. The molecule has 136 valence electrons. The lowest BCUT2D eigenvalue weighted by Crippen LogP contribution is -2.36. The Labute approximate surface area is 144 Å². The molecule has 0 aliphatic rings. The standard InChI is InChI=1S/C16H27N3O4S/c1-18(2)12-10-17-16(20)9-11-19(24(4,21)22)13-14-7-5-6-8-15(14)23-3/h5-8H,9-13H2,1-4H3,(H,17,20). The number of carbonyl (C=O) groups excluding carboxylic acids is 1. The summed E-state index contributed by atoms with van der Waals surface area (Å²) in [6.45, 7) is 1.58. The average Bonchev–Trinajstić information content (AvgIpc) is 2.50. The van der Waals surface area contributed by atoms with E-state index >= 15 is 0 Å². The van der Waals surface area contributed by atoms with Crippen LogP contribution in [0.5, 0.6) is 5.75 Å². The highest BCUT2D eigenvalue weighted by molar-refractivity contribution is 7.88. The highest BCUT2D eigenvalue weighted by Crippen LogP contribution is 2.20. The summed E-state index contributed by atoms with van der Waals surface area (Å²) >= 11 is 0. The van der Waals surface area contributed by atoms with Gasteiger partial charge in [0.2, 0.25) is 15.9 Å². The largest absolute Gasteiger partial charge is 0.496 e. The number of ether oxygens (including phenoxy) is 1. The van der Waals surface area contributed by atoms with Gasteiger partial charge in [0.25, 0.3) is 0 Å². The maximum atomic E-state index is 12.0. The number of likely N-dealkylation sites (N-methyl/N-ethyl adjacent to an activating group) is 1. The molecule has 1 rings (SSSR count). The molecular weight excluding hydrogens is 330 g/mol. The Morgan fingerprint density at radius 3 is 2.46 bits per heavy atom. The third kappa shape index (κ3) is 7.29. The molecule has 7 nitrogen and oxygen atoms in total. The Balaban J connectivity index is 2.66. The normalized spacial score (nSPS) is 11.8. The molecule has 1 aromatic carbocycles. The number of nitrogens with zero attached hydrogens (tertiary/aromatic N) is 2. The van der Waals surface area contributed by atoms with Crippen LogP contribution in [0, 0.1) is 0 Å². The topological polar surface area (TPSA) is 79.0 Å². The molecule has 24 heavy (non-hydrogen) atoms. The summed E-state index contributed by atoms with van der Waals surface area (Å²) in [5.41, 5.74) is 0.762. The maximum absolute atomic E-state index is 12.0. The van der Waals surface area contributed by atoms with Gasteiger partial charge >= 0.3 is 0 Å². The van der Waals surface area contributed by atoms with E-state index in [1.54, 1.807) is 13.2 Å². The second kappa shape index (κ2) is 9.61. The zero-order chi connectivity index (χ0) is 18.2. The van der Waals surface area contributed by atoms with E-state index in [1.165, 1.54) is 4.31 Å². The Kier molecular flexibility index (Phi) is 8.17. The summed E-state index contributed by atoms with van der Waals surface area (Å²) in [5, 5.41) is 2.78. The fourth-order valence-corrected chi connectivity index (χ4v) is 2.92. The number of para-hydroxylation sites is 1. The number of methoxy groups -OCH3 is 1. The molecule has 0 radical (unpaired) electrons. The van der Waals surface area contributed by atoms with Crippen LogP contribution in [0.15, 0.2) is 24.3 Å². The molecule has 0 saturated heterocycles. The molecule has 1 aromatic rings. The van der Waals surface area contributed by atoms with Crippen molar-refractivity contribution in [1.82, 2.24) is 14.5 Å². The minimum atomic E-state index is -3.43. The third-order valence-corrected chi connectivity index (χ3v) is 4.73. The first-order chi connectivity index (χ1) is 11.2. The van der Waals surface area contributed by atoms with Gasteiger partial charge in [0.15, 0.2) is 0 Å². The van der Waals surface area contributed by atoms with Crippen LogP contribution in [0.3, 0.4) is 0 Å². The Hall–Kier alpha value is -1.64. The van der Waals surface area contributed by atoms with Crippen LogP contribution in [0.1, 0.15) is 12.0 Å². The van der Waals surface area contributed by atoms with Gasteiger partial charge in [-0.25, -0.2) is 8.42 Å². The second-order valence-corrected chi connectivity index (χ2v) is 7.79. The molecule has 0 aliphatic carbocycles. The van der Waals surface area contributed by atoms with Gasteiger partial charge in [-0.15, -0.1) is 0 Å². The Morgan fingerprint density at radius 2 is 1.88 bits per heavy atom. The van der Waals surface area contributed by atoms with Gasteiger partial charge in [-0.05, 0) is 20.2 Å². The number of hydrogen-bond acceptors (Lipinski definition) is 5. The van der Waals surface area contributed by atoms with Crippen LogP contribution in [0.25, 0.3) is 0 Å². The van der Waals surface area contributed by atoms with Crippen molar-refractivity contribution in [2.75, 3.05) is 47.1 Å². The molecular formula is C16H27N3O4S. The first-order valence-electron chi connectivity index (χ1n) is 7.72. The highest BCUT2D eigenvalue weighted by atomic mass is 32.2. The highest BCUT2D eigenvalue weighted by Gasteiger charge is 2.19. The number of hydrogen-bond donors (Lipinski definition) is 1. The number of benzene rings is 1. The van der Waals surface area contributed by atoms with Crippen molar-refractivity contribution >= 4 is 15.9 Å². The van der Waals surface area contributed by atoms with Crippen LogP contribution >= 0.6 is 0 Å². The van der Waals surface area contributed by atoms with Gasteiger partial charge in [-0.3, -0.25) is 4.79 Å². The SMILES string of the molecule is COc1ccccc1CN(CCC(=O)NCCN(C)C)S(C)(=O)=O. The lowest BCUT2D eigenvalue weighted by molar-refractivity contribution is -0.121. The Morgan fingerprint density at radius 1 is 1.21 bits per heavy atom. The summed E-state index contributed by atoms with van der Waals surface area (Å²) in [4.78, 5) is 13.8. The van der Waals surface area contributed by atoms with Crippen molar-refractivity contribution in [3.05, 3.63) is 29.8 Å². The molecule has 8 heteroatoms. The number of sulfonamides is 1. The van der Waals surface area contributed by atoms with E-state index in [4.69, 9.17) is 4.74 Å². The fourth-order valence-electron chi connectivity index (χ4n) is 2.12. The second-order valence-electron chi connectivity index (χ2n) is 5.81. The van der Waals surface area contributed by atoms with Gasteiger partial charge in [-0.1, -0.05) is 18.2 Å². The van der Waals surface area contributed by atoms with Crippen LogP contribution in [-0.4, -0.2) is 70.6 Å². The van der Waals surface area contributed by atoms with Gasteiger partial charge in [0.05, 0.1) is 13.4 Å². The van der Waals surface area contributed by atoms with Crippen molar-refractivity contribution in [3.8, 4) is 5.75 Å². The van der Waals surface area contributed by atoms with Gasteiger partial charge in [0.1, 0.15) is 5.75 Å². The molecule has 0 spiro atoms. The zero-order valence-corrected chi connectivity index (χ0v) is 15.6. The van der Waals surface area contributed by atoms with Crippen molar-refractivity contribution < 1.29 is 17.9 Å². The van der Waals surface area contributed by atoms with Crippen LogP contribution in [0.2, 0.25) is 0 Å². The summed E-state index contributed by atoms with van der Waals surface area (Å²) in [6, 6.07) is 7.25. The molecule has 0 unspecified atom stereocenters. The summed E-state index contributed by atoms with van der Waals surface area (Å²) in [5.74, 6) is 0.465. The first-order valence-corrected chi connectivity index (χ1v) is 9.57. The van der Waals surface area contributed by atoms with E-state index in [-0.39, 0.29) is 25.4 Å². The lowest BCUT2D eigenvalue weighted by Gasteiger charge is -2.21. The number of carbonyl (C=O) groups is 1.